The van der Waals surface area contributed by atoms with E-state index in [1.807, 2.05) is 0 Å². The average Bonchev–Trinajstić information content (AvgIpc) is 2.82. The van der Waals surface area contributed by atoms with Gasteiger partial charge in [0.25, 0.3) is 0 Å². The summed E-state index contributed by atoms with van der Waals surface area (Å²) in [5.41, 5.74) is 8.47. The second-order valence-electron chi connectivity index (χ2n) is 5.06. The van der Waals surface area contributed by atoms with Gasteiger partial charge < -0.3 is 10.7 Å². The van der Waals surface area contributed by atoms with E-state index in [4.69, 9.17) is 5.73 Å². The van der Waals surface area contributed by atoms with Gasteiger partial charge in [0.15, 0.2) is 0 Å². The summed E-state index contributed by atoms with van der Waals surface area (Å²) < 4.78 is 0. The fourth-order valence-electron chi connectivity index (χ4n) is 2.73. The Morgan fingerprint density at radius 2 is 2.00 bits per heavy atom. The van der Waals surface area contributed by atoms with Gasteiger partial charge in [0, 0.05) is 17.1 Å². The summed E-state index contributed by atoms with van der Waals surface area (Å²) in [6.45, 7) is 3.03. The topological polar surface area (TPSA) is 41.8 Å². The Labute approximate surface area is 110 Å². The minimum absolute atomic E-state index is 0.609. The van der Waals surface area contributed by atoms with E-state index in [1.165, 1.54) is 42.1 Å². The third-order valence-electron chi connectivity index (χ3n) is 3.73. The fraction of sp³-hybridized carbons (Fsp3) is 0.500. The average molecular weight is 244 g/mol. The lowest BCUT2D eigenvalue weighted by atomic mass is 9.90. The number of rotatable bonds is 7. The van der Waals surface area contributed by atoms with Gasteiger partial charge in [0.1, 0.15) is 0 Å². The molecule has 2 nitrogen and oxygen atoms in total. The zero-order valence-corrected chi connectivity index (χ0v) is 11.3. The molecule has 2 aromatic rings. The summed E-state index contributed by atoms with van der Waals surface area (Å²) in [7, 11) is 0. The zero-order chi connectivity index (χ0) is 12.8. The van der Waals surface area contributed by atoms with Crippen LogP contribution in [-0.2, 0) is 0 Å². The van der Waals surface area contributed by atoms with Crippen molar-refractivity contribution < 1.29 is 0 Å². The van der Waals surface area contributed by atoms with Crippen LogP contribution in [0.4, 0.5) is 0 Å². The Morgan fingerprint density at radius 3 is 2.78 bits per heavy atom. The Balaban J connectivity index is 2.18. The van der Waals surface area contributed by atoms with Gasteiger partial charge in [-0.05, 0) is 36.9 Å². The third kappa shape index (κ3) is 2.94. The molecular weight excluding hydrogens is 220 g/mol. The second kappa shape index (κ2) is 6.60. The van der Waals surface area contributed by atoms with Crippen molar-refractivity contribution in [1.82, 2.24) is 4.98 Å². The molecule has 0 fully saturated rings. The smallest absolute Gasteiger partial charge is 0.0456 e. The minimum atomic E-state index is 0.609. The Kier molecular flexibility index (Phi) is 4.82. The molecule has 1 aromatic heterocycles. The van der Waals surface area contributed by atoms with Gasteiger partial charge in [0.2, 0.25) is 0 Å². The van der Waals surface area contributed by atoms with E-state index in [1.54, 1.807) is 0 Å². The molecule has 0 aliphatic rings. The first-order chi connectivity index (χ1) is 8.86. The summed E-state index contributed by atoms with van der Waals surface area (Å²) in [5, 5.41) is 1.37. The van der Waals surface area contributed by atoms with Crippen molar-refractivity contribution in [3.8, 4) is 0 Å². The lowest BCUT2D eigenvalue weighted by molar-refractivity contribution is 0.542. The first-order valence-electron chi connectivity index (χ1n) is 7.13. The molecule has 1 aromatic carbocycles. The van der Waals surface area contributed by atoms with Crippen LogP contribution in [0.3, 0.4) is 0 Å². The van der Waals surface area contributed by atoms with Crippen molar-refractivity contribution in [1.29, 1.82) is 0 Å². The number of hydrogen-bond donors (Lipinski definition) is 2. The van der Waals surface area contributed by atoms with Crippen molar-refractivity contribution in [2.45, 2.75) is 44.9 Å². The maximum absolute atomic E-state index is 5.77. The molecule has 1 unspecified atom stereocenters. The Hall–Kier alpha value is -1.28. The van der Waals surface area contributed by atoms with E-state index >= 15 is 0 Å². The quantitative estimate of drug-likeness (QED) is 0.705. The zero-order valence-electron chi connectivity index (χ0n) is 11.3. The van der Waals surface area contributed by atoms with Crippen LogP contribution in [0.2, 0.25) is 0 Å². The summed E-state index contributed by atoms with van der Waals surface area (Å²) >= 11 is 0. The number of hydrogen-bond acceptors (Lipinski definition) is 1. The number of fused-ring (bicyclic) bond motifs is 1. The molecule has 0 saturated heterocycles. The van der Waals surface area contributed by atoms with Gasteiger partial charge in [-0.2, -0.15) is 0 Å². The number of unbranched alkanes of at least 4 members (excludes halogenated alkanes) is 2. The molecule has 0 aliphatic carbocycles. The molecule has 1 atom stereocenters. The maximum Gasteiger partial charge on any atom is 0.0456 e. The van der Waals surface area contributed by atoms with Gasteiger partial charge in [-0.3, -0.25) is 0 Å². The molecule has 2 rings (SSSR count). The number of benzene rings is 1. The molecule has 0 spiro atoms. The minimum Gasteiger partial charge on any atom is -0.361 e. The highest BCUT2D eigenvalue weighted by Gasteiger charge is 2.14. The van der Waals surface area contributed by atoms with Crippen LogP contribution < -0.4 is 5.73 Å². The number of nitrogens with two attached hydrogens (primary N) is 1. The molecule has 18 heavy (non-hydrogen) atoms. The van der Waals surface area contributed by atoms with Crippen LogP contribution in [-0.4, -0.2) is 11.5 Å². The largest absolute Gasteiger partial charge is 0.361 e. The molecule has 0 amide bonds. The molecule has 0 aliphatic heterocycles. The normalized spacial score (nSPS) is 13.0. The highest BCUT2D eigenvalue weighted by atomic mass is 14.7. The highest BCUT2D eigenvalue weighted by molar-refractivity contribution is 5.83. The third-order valence-corrected chi connectivity index (χ3v) is 3.73. The molecule has 2 heteroatoms. The van der Waals surface area contributed by atoms with Crippen LogP contribution in [0.5, 0.6) is 0 Å². The van der Waals surface area contributed by atoms with Gasteiger partial charge in [-0.15, -0.1) is 0 Å². The van der Waals surface area contributed by atoms with Crippen molar-refractivity contribution in [2.24, 2.45) is 5.73 Å². The van der Waals surface area contributed by atoms with Gasteiger partial charge in [-0.25, -0.2) is 0 Å². The summed E-state index contributed by atoms with van der Waals surface area (Å²) in [4.78, 5) is 3.38. The van der Waals surface area contributed by atoms with Crippen molar-refractivity contribution in [3.63, 3.8) is 0 Å². The number of aromatic amines is 1. The van der Waals surface area contributed by atoms with E-state index in [2.05, 4.69) is 42.4 Å². The summed E-state index contributed by atoms with van der Waals surface area (Å²) in [6.07, 6.45) is 8.43. The number of para-hydroxylation sites is 1. The second-order valence-corrected chi connectivity index (χ2v) is 5.06. The SMILES string of the molecule is CCCCCC(CCN)c1c[nH]c2ccccc12. The summed E-state index contributed by atoms with van der Waals surface area (Å²) in [6, 6.07) is 8.55. The number of H-pyrrole nitrogens is 1. The predicted octanol–water partition coefficient (Wildman–Crippen LogP) is 4.18. The van der Waals surface area contributed by atoms with Gasteiger partial charge >= 0.3 is 0 Å². The van der Waals surface area contributed by atoms with Crippen molar-refractivity contribution in [3.05, 3.63) is 36.0 Å². The highest BCUT2D eigenvalue weighted by Crippen LogP contribution is 2.31. The fourth-order valence-corrected chi connectivity index (χ4v) is 2.73. The van der Waals surface area contributed by atoms with E-state index in [0.29, 0.717) is 5.92 Å². The van der Waals surface area contributed by atoms with Crippen LogP contribution in [0.25, 0.3) is 10.9 Å². The molecule has 3 N–H and O–H groups in total. The first kappa shape index (κ1) is 13.2. The van der Waals surface area contributed by atoms with E-state index in [-0.39, 0.29) is 0 Å². The molecule has 0 saturated carbocycles. The molecule has 0 radical (unpaired) electrons. The predicted molar refractivity (Wildman–Crippen MR) is 78.9 cm³/mol. The summed E-state index contributed by atoms with van der Waals surface area (Å²) in [5.74, 6) is 0.609. The lowest BCUT2D eigenvalue weighted by Crippen LogP contribution is -2.07. The molecular formula is C16H24N2. The molecule has 0 bridgehead atoms. The number of aromatic nitrogens is 1. The van der Waals surface area contributed by atoms with Gasteiger partial charge in [-0.1, -0.05) is 44.4 Å². The lowest BCUT2D eigenvalue weighted by Gasteiger charge is -2.15. The Bertz CT molecular complexity index is 473. The molecule has 1 heterocycles. The van der Waals surface area contributed by atoms with E-state index in [9.17, 15) is 0 Å². The van der Waals surface area contributed by atoms with E-state index < -0.39 is 0 Å². The van der Waals surface area contributed by atoms with Crippen LogP contribution in [0, 0.1) is 0 Å². The number of nitrogens with one attached hydrogen (secondary N) is 1. The first-order valence-corrected chi connectivity index (χ1v) is 7.13. The monoisotopic (exact) mass is 244 g/mol. The van der Waals surface area contributed by atoms with Gasteiger partial charge in [0.05, 0.1) is 0 Å². The molecule has 98 valence electrons. The van der Waals surface area contributed by atoms with Crippen molar-refractivity contribution >= 4 is 10.9 Å². The van der Waals surface area contributed by atoms with Crippen LogP contribution in [0.15, 0.2) is 30.5 Å². The Morgan fingerprint density at radius 1 is 1.17 bits per heavy atom. The van der Waals surface area contributed by atoms with Crippen molar-refractivity contribution in [2.75, 3.05) is 6.54 Å². The standard InChI is InChI=1S/C16H24N2/c1-2-3-4-7-13(10-11-17)15-12-18-16-9-6-5-8-14(15)16/h5-6,8-9,12-13,18H,2-4,7,10-11,17H2,1H3. The van der Waals surface area contributed by atoms with Crippen LogP contribution in [0.1, 0.15) is 50.5 Å². The van der Waals surface area contributed by atoms with Crippen LogP contribution >= 0.6 is 0 Å². The van der Waals surface area contributed by atoms with E-state index in [0.717, 1.165) is 13.0 Å². The maximum atomic E-state index is 5.77.